The van der Waals surface area contributed by atoms with E-state index >= 15 is 0 Å². The number of anilines is 2. The minimum Gasteiger partial charge on any atom is -0.475 e. The van der Waals surface area contributed by atoms with E-state index in [1.54, 1.807) is 12.1 Å². The highest BCUT2D eigenvalue weighted by Gasteiger charge is 2.25. The zero-order valence-corrected chi connectivity index (χ0v) is 18.0. The summed E-state index contributed by atoms with van der Waals surface area (Å²) in [7, 11) is 1.48. The molecule has 3 N–H and O–H groups in total. The predicted molar refractivity (Wildman–Crippen MR) is 114 cm³/mol. The van der Waals surface area contributed by atoms with Gasteiger partial charge in [-0.2, -0.15) is 0 Å². The van der Waals surface area contributed by atoms with Crippen molar-refractivity contribution in [3.63, 3.8) is 0 Å². The van der Waals surface area contributed by atoms with Gasteiger partial charge in [0.15, 0.2) is 5.69 Å². The van der Waals surface area contributed by atoms with Gasteiger partial charge in [-0.05, 0) is 25.8 Å². The Kier molecular flexibility index (Phi) is 7.76. The third-order valence-electron chi connectivity index (χ3n) is 4.14. The van der Waals surface area contributed by atoms with E-state index in [0.717, 1.165) is 0 Å². The molecule has 0 radical (unpaired) electrons. The maximum absolute atomic E-state index is 13.2. The highest BCUT2D eigenvalue weighted by Crippen LogP contribution is 2.20. The molecule has 0 bridgehead atoms. The third-order valence-corrected chi connectivity index (χ3v) is 4.14. The molecule has 30 heavy (non-hydrogen) atoms. The number of nitrogens with one attached hydrogen (secondary N) is 1. The van der Waals surface area contributed by atoms with Gasteiger partial charge in [-0.3, -0.25) is 24.0 Å². The first-order valence-electron chi connectivity index (χ1n) is 9.71. The van der Waals surface area contributed by atoms with E-state index in [1.807, 2.05) is 27.7 Å². The van der Waals surface area contributed by atoms with Gasteiger partial charge < -0.3 is 15.2 Å². The molecule has 1 amide bonds. The SMILES string of the molecule is COCCN(C(=O)c1ccc(OC(C)C)nc1)c1c(N)n(CC(C)C)c(=O)[nH]c1=O. The van der Waals surface area contributed by atoms with E-state index in [2.05, 4.69) is 9.97 Å². The van der Waals surface area contributed by atoms with Gasteiger partial charge in [0.2, 0.25) is 5.88 Å². The van der Waals surface area contributed by atoms with Crippen LogP contribution < -0.4 is 26.6 Å². The fourth-order valence-electron chi connectivity index (χ4n) is 2.86. The molecule has 0 aliphatic heterocycles. The van der Waals surface area contributed by atoms with Crippen LogP contribution in [-0.4, -0.2) is 46.8 Å². The number of methoxy groups -OCH3 is 1. The number of carbonyl (C=O) groups is 1. The summed E-state index contributed by atoms with van der Waals surface area (Å²) in [6, 6.07) is 3.14. The van der Waals surface area contributed by atoms with Crippen LogP contribution in [0.3, 0.4) is 0 Å². The van der Waals surface area contributed by atoms with E-state index in [0.29, 0.717) is 12.4 Å². The number of nitrogens with zero attached hydrogens (tertiary/aromatic N) is 3. The zero-order chi connectivity index (χ0) is 22.4. The highest BCUT2D eigenvalue weighted by atomic mass is 16.5. The minimum absolute atomic E-state index is 0.0578. The number of aromatic amines is 1. The second kappa shape index (κ2) is 10.1. The van der Waals surface area contributed by atoms with Crippen LogP contribution in [0.1, 0.15) is 38.1 Å². The molecule has 164 valence electrons. The number of aromatic nitrogens is 3. The summed E-state index contributed by atoms with van der Waals surface area (Å²) >= 11 is 0. The first kappa shape index (κ1) is 23.1. The van der Waals surface area contributed by atoms with Crippen molar-refractivity contribution in [2.45, 2.75) is 40.3 Å². The maximum atomic E-state index is 13.2. The van der Waals surface area contributed by atoms with E-state index in [1.165, 1.54) is 22.8 Å². The Labute approximate surface area is 174 Å². The molecule has 2 aromatic rings. The van der Waals surface area contributed by atoms with Crippen molar-refractivity contribution in [1.29, 1.82) is 0 Å². The largest absolute Gasteiger partial charge is 0.475 e. The average molecular weight is 419 g/mol. The summed E-state index contributed by atoms with van der Waals surface area (Å²) in [5, 5.41) is 0. The molecule has 0 spiro atoms. The van der Waals surface area contributed by atoms with Crippen LogP contribution in [0.15, 0.2) is 27.9 Å². The molecule has 0 unspecified atom stereocenters. The van der Waals surface area contributed by atoms with Gasteiger partial charge in [-0.25, -0.2) is 9.78 Å². The Morgan fingerprint density at radius 2 is 1.97 bits per heavy atom. The van der Waals surface area contributed by atoms with Crippen LogP contribution in [0, 0.1) is 5.92 Å². The molecule has 0 fully saturated rings. The number of ether oxygens (including phenoxy) is 2. The molecular formula is C20H29N5O5. The molecule has 0 saturated heterocycles. The number of nitrogens with two attached hydrogens (primary N) is 1. The summed E-state index contributed by atoms with van der Waals surface area (Å²) in [4.78, 5) is 45.6. The molecule has 10 nitrogen and oxygen atoms in total. The summed E-state index contributed by atoms with van der Waals surface area (Å²) < 4.78 is 11.8. The average Bonchev–Trinajstić information content (AvgIpc) is 2.67. The summed E-state index contributed by atoms with van der Waals surface area (Å²) in [5.41, 5.74) is 4.95. The predicted octanol–water partition coefficient (Wildman–Crippen LogP) is 1.25. The number of nitrogen functional groups attached to an aromatic ring is 1. The smallest absolute Gasteiger partial charge is 0.330 e. The molecule has 0 aliphatic rings. The number of rotatable bonds is 9. The zero-order valence-electron chi connectivity index (χ0n) is 18.0. The van der Waals surface area contributed by atoms with Gasteiger partial charge in [0.1, 0.15) is 5.82 Å². The van der Waals surface area contributed by atoms with Crippen LogP contribution in [0.4, 0.5) is 11.5 Å². The quantitative estimate of drug-likeness (QED) is 0.625. The standard InChI is InChI=1S/C20H29N5O5/c1-12(2)11-25-17(21)16(18(26)23-20(25)28)24(8-9-29-5)19(27)14-6-7-15(22-10-14)30-13(3)4/h6-7,10,12-13H,8-9,11,21H2,1-5H3,(H,23,26,28). The molecule has 0 saturated carbocycles. The van der Waals surface area contributed by atoms with Gasteiger partial charge in [0.25, 0.3) is 11.5 Å². The van der Waals surface area contributed by atoms with Gasteiger partial charge >= 0.3 is 5.69 Å². The summed E-state index contributed by atoms with van der Waals surface area (Å²) in [5.74, 6) is -0.0883. The Balaban J connectivity index is 2.51. The Bertz CT molecular complexity index is 979. The number of hydrogen-bond acceptors (Lipinski definition) is 7. The monoisotopic (exact) mass is 419 g/mol. The molecule has 0 aromatic carbocycles. The van der Waals surface area contributed by atoms with Crippen molar-refractivity contribution in [2.75, 3.05) is 30.9 Å². The molecular weight excluding hydrogens is 390 g/mol. The second-order valence-electron chi connectivity index (χ2n) is 7.50. The molecule has 2 heterocycles. The second-order valence-corrected chi connectivity index (χ2v) is 7.50. The van der Waals surface area contributed by atoms with Gasteiger partial charge in [-0.1, -0.05) is 13.8 Å². The highest BCUT2D eigenvalue weighted by molar-refractivity contribution is 6.07. The van der Waals surface area contributed by atoms with Gasteiger partial charge in [0, 0.05) is 32.5 Å². The van der Waals surface area contributed by atoms with Crippen LogP contribution >= 0.6 is 0 Å². The van der Waals surface area contributed by atoms with Gasteiger partial charge in [-0.15, -0.1) is 0 Å². The van der Waals surface area contributed by atoms with Crippen molar-refractivity contribution in [3.8, 4) is 5.88 Å². The molecule has 2 aromatic heterocycles. The summed E-state index contributed by atoms with van der Waals surface area (Å²) in [6.45, 7) is 8.09. The Morgan fingerprint density at radius 1 is 1.27 bits per heavy atom. The fraction of sp³-hybridized carbons (Fsp3) is 0.500. The fourth-order valence-corrected chi connectivity index (χ4v) is 2.86. The lowest BCUT2D eigenvalue weighted by Crippen LogP contribution is -2.42. The van der Waals surface area contributed by atoms with Crippen molar-refractivity contribution < 1.29 is 14.3 Å². The van der Waals surface area contributed by atoms with E-state index < -0.39 is 17.2 Å². The lowest BCUT2D eigenvalue weighted by atomic mass is 10.2. The van der Waals surface area contributed by atoms with E-state index in [-0.39, 0.29) is 42.2 Å². The van der Waals surface area contributed by atoms with Crippen molar-refractivity contribution in [2.24, 2.45) is 5.92 Å². The number of amides is 1. The number of carbonyl (C=O) groups excluding carboxylic acids is 1. The Morgan fingerprint density at radius 3 is 2.50 bits per heavy atom. The molecule has 10 heteroatoms. The maximum Gasteiger partial charge on any atom is 0.330 e. The van der Waals surface area contributed by atoms with Crippen LogP contribution in [0.25, 0.3) is 0 Å². The van der Waals surface area contributed by atoms with Crippen LogP contribution in [-0.2, 0) is 11.3 Å². The molecule has 0 aliphatic carbocycles. The van der Waals surface area contributed by atoms with Crippen molar-refractivity contribution in [3.05, 3.63) is 44.7 Å². The van der Waals surface area contributed by atoms with Crippen molar-refractivity contribution in [1.82, 2.24) is 14.5 Å². The van der Waals surface area contributed by atoms with Crippen LogP contribution in [0.2, 0.25) is 0 Å². The molecule has 0 atom stereocenters. The minimum atomic E-state index is -0.741. The summed E-state index contributed by atoms with van der Waals surface area (Å²) in [6.07, 6.45) is 1.31. The lowest BCUT2D eigenvalue weighted by molar-refractivity contribution is 0.0975. The number of hydrogen-bond donors (Lipinski definition) is 2. The normalized spacial score (nSPS) is 11.2. The van der Waals surface area contributed by atoms with E-state index in [9.17, 15) is 14.4 Å². The number of H-pyrrole nitrogens is 1. The number of pyridine rings is 1. The third kappa shape index (κ3) is 5.47. The van der Waals surface area contributed by atoms with E-state index in [4.69, 9.17) is 15.2 Å². The first-order valence-corrected chi connectivity index (χ1v) is 9.71. The first-order chi connectivity index (χ1) is 14.1. The van der Waals surface area contributed by atoms with Gasteiger partial charge in [0.05, 0.1) is 18.3 Å². The Hall–Kier alpha value is -3.14. The lowest BCUT2D eigenvalue weighted by Gasteiger charge is -2.24. The van der Waals surface area contributed by atoms with Crippen molar-refractivity contribution >= 4 is 17.4 Å². The topological polar surface area (TPSA) is 133 Å². The van der Waals surface area contributed by atoms with Crippen LogP contribution in [0.5, 0.6) is 5.88 Å². The molecule has 2 rings (SSSR count).